The summed E-state index contributed by atoms with van der Waals surface area (Å²) in [6.45, 7) is 4.39. The molecule has 0 saturated heterocycles. The Kier molecular flexibility index (Phi) is 5.61. The molecule has 0 radical (unpaired) electrons. The molecule has 29 heavy (non-hydrogen) atoms. The summed E-state index contributed by atoms with van der Waals surface area (Å²) >= 11 is 6.04. The fourth-order valence-corrected chi connectivity index (χ4v) is 4.25. The topological polar surface area (TPSA) is 52.7 Å². The summed E-state index contributed by atoms with van der Waals surface area (Å²) in [6, 6.07) is 15.7. The first kappa shape index (κ1) is 19.9. The van der Waals surface area contributed by atoms with E-state index in [1.807, 2.05) is 55.5 Å². The Hall–Kier alpha value is -2.37. The maximum Gasteiger partial charge on any atom is 0.241 e. The quantitative estimate of drug-likeness (QED) is 0.780. The smallest absolute Gasteiger partial charge is 0.241 e. The second kappa shape index (κ2) is 8.17. The minimum atomic E-state index is -0.196. The van der Waals surface area contributed by atoms with Crippen molar-refractivity contribution in [2.24, 2.45) is 0 Å². The van der Waals surface area contributed by atoms with E-state index < -0.39 is 0 Å². The molecular weight excluding hydrogens is 386 g/mol. The summed E-state index contributed by atoms with van der Waals surface area (Å²) in [5.41, 5.74) is 2.61. The zero-order chi connectivity index (χ0) is 20.5. The third-order valence-electron chi connectivity index (χ3n) is 5.81. The first-order valence-electron chi connectivity index (χ1n) is 10.2. The van der Waals surface area contributed by atoms with Crippen LogP contribution in [0.1, 0.15) is 44.7 Å². The second-order valence-corrected chi connectivity index (χ2v) is 8.45. The summed E-state index contributed by atoms with van der Waals surface area (Å²) in [6.07, 6.45) is 2.51. The highest BCUT2D eigenvalue weighted by Crippen LogP contribution is 2.36. The van der Waals surface area contributed by atoms with Crippen LogP contribution in [0.5, 0.6) is 0 Å². The van der Waals surface area contributed by atoms with Crippen LogP contribution in [0, 0.1) is 0 Å². The molecule has 4 rings (SSSR count). The Morgan fingerprint density at radius 2 is 1.90 bits per heavy atom. The van der Waals surface area contributed by atoms with Gasteiger partial charge in [-0.15, -0.1) is 0 Å². The van der Waals surface area contributed by atoms with Gasteiger partial charge in [-0.1, -0.05) is 35.9 Å². The van der Waals surface area contributed by atoms with Gasteiger partial charge < -0.3 is 10.2 Å². The third kappa shape index (κ3) is 4.31. The molecular formula is C23H26ClN3O2. The largest absolute Gasteiger partial charge is 0.324 e. The minimum Gasteiger partial charge on any atom is -0.324 e. The van der Waals surface area contributed by atoms with Crippen LogP contribution in [-0.4, -0.2) is 35.3 Å². The number of anilines is 2. The van der Waals surface area contributed by atoms with Crippen LogP contribution in [-0.2, 0) is 9.59 Å². The first-order valence-corrected chi connectivity index (χ1v) is 10.5. The molecule has 1 fully saturated rings. The molecule has 1 aliphatic heterocycles. The molecule has 1 saturated carbocycles. The molecule has 2 aliphatic rings. The molecule has 1 heterocycles. The van der Waals surface area contributed by atoms with Crippen LogP contribution >= 0.6 is 11.6 Å². The van der Waals surface area contributed by atoms with Crippen LogP contribution in [0.15, 0.2) is 48.5 Å². The molecule has 1 aliphatic carbocycles. The van der Waals surface area contributed by atoms with Crippen LogP contribution in [0.3, 0.4) is 0 Å². The maximum absolute atomic E-state index is 13.5. The lowest BCUT2D eigenvalue weighted by Gasteiger charge is -2.34. The molecule has 0 unspecified atom stereocenters. The van der Waals surface area contributed by atoms with E-state index in [0.717, 1.165) is 24.1 Å². The highest BCUT2D eigenvalue weighted by Gasteiger charge is 2.37. The Labute approximate surface area is 176 Å². The molecule has 0 aromatic heterocycles. The second-order valence-electron chi connectivity index (χ2n) is 8.01. The van der Waals surface area contributed by atoms with Gasteiger partial charge in [-0.25, -0.2) is 0 Å². The Bertz CT molecular complexity index is 911. The van der Waals surface area contributed by atoms with Crippen LogP contribution in [0.4, 0.5) is 11.4 Å². The number of hydrogen-bond donors (Lipinski definition) is 1. The number of carbonyl (C=O) groups excluding carboxylic acids is 2. The highest BCUT2D eigenvalue weighted by molar-refractivity contribution is 6.30. The molecule has 2 aromatic rings. The predicted molar refractivity (Wildman–Crippen MR) is 116 cm³/mol. The van der Waals surface area contributed by atoms with E-state index in [-0.39, 0.29) is 30.3 Å². The van der Waals surface area contributed by atoms with E-state index in [4.69, 9.17) is 11.6 Å². The van der Waals surface area contributed by atoms with Gasteiger partial charge in [0.1, 0.15) is 0 Å². The number of fused-ring (bicyclic) bond motifs is 1. The molecule has 152 valence electrons. The molecule has 5 nitrogen and oxygen atoms in total. The van der Waals surface area contributed by atoms with Crippen LogP contribution in [0.2, 0.25) is 5.02 Å². The van der Waals surface area contributed by atoms with E-state index in [1.165, 1.54) is 0 Å². The number of amides is 2. The average Bonchev–Trinajstić information content (AvgIpc) is 3.53. The zero-order valence-electron chi connectivity index (χ0n) is 16.8. The number of hydrogen-bond acceptors (Lipinski definition) is 3. The Morgan fingerprint density at radius 3 is 2.59 bits per heavy atom. The van der Waals surface area contributed by atoms with Crippen molar-refractivity contribution in [1.82, 2.24) is 4.90 Å². The fraction of sp³-hybridized carbons (Fsp3) is 0.391. The summed E-state index contributed by atoms with van der Waals surface area (Å²) in [7, 11) is 0. The molecule has 6 heteroatoms. The van der Waals surface area contributed by atoms with Crippen molar-refractivity contribution in [3.05, 3.63) is 59.1 Å². The molecule has 1 N–H and O–H groups in total. The Balaban J connectivity index is 1.59. The van der Waals surface area contributed by atoms with Gasteiger partial charge in [0.15, 0.2) is 0 Å². The van der Waals surface area contributed by atoms with Gasteiger partial charge in [-0.2, -0.15) is 0 Å². The predicted octanol–water partition coefficient (Wildman–Crippen LogP) is 4.63. The number of halogens is 1. The van der Waals surface area contributed by atoms with E-state index in [0.29, 0.717) is 23.3 Å². The van der Waals surface area contributed by atoms with Crippen molar-refractivity contribution < 1.29 is 9.59 Å². The van der Waals surface area contributed by atoms with E-state index in [2.05, 4.69) is 17.1 Å². The number of rotatable bonds is 5. The minimum absolute atomic E-state index is 0.0224. The van der Waals surface area contributed by atoms with Gasteiger partial charge in [0.25, 0.3) is 0 Å². The average molecular weight is 412 g/mol. The highest BCUT2D eigenvalue weighted by atomic mass is 35.5. The zero-order valence-corrected chi connectivity index (χ0v) is 17.5. The fourth-order valence-electron chi connectivity index (χ4n) is 4.12. The van der Waals surface area contributed by atoms with Crippen molar-refractivity contribution in [3.8, 4) is 0 Å². The first-order chi connectivity index (χ1) is 13.9. The van der Waals surface area contributed by atoms with Crippen LogP contribution in [0.25, 0.3) is 0 Å². The lowest BCUT2D eigenvalue weighted by Crippen LogP contribution is -2.46. The SMILES string of the molecule is C[C@H]1CC(=O)Nc2ccccc2N1C(=O)CN(C1CC1)[C@@H](C)c1ccc(Cl)cc1. The Morgan fingerprint density at radius 1 is 1.21 bits per heavy atom. The summed E-state index contributed by atoms with van der Waals surface area (Å²) in [5.74, 6) is -0.0389. The molecule has 2 amide bonds. The number of carbonyl (C=O) groups is 2. The summed E-state index contributed by atoms with van der Waals surface area (Å²) < 4.78 is 0. The third-order valence-corrected chi connectivity index (χ3v) is 6.06. The summed E-state index contributed by atoms with van der Waals surface area (Å²) in [4.78, 5) is 29.8. The van der Waals surface area contributed by atoms with Crippen LogP contribution < -0.4 is 10.2 Å². The lowest BCUT2D eigenvalue weighted by molar-refractivity contribution is -0.121. The maximum atomic E-state index is 13.5. The molecule has 2 aromatic carbocycles. The molecule has 0 bridgehead atoms. The summed E-state index contributed by atoms with van der Waals surface area (Å²) in [5, 5.41) is 3.63. The van der Waals surface area contributed by atoms with Crippen molar-refractivity contribution >= 4 is 34.8 Å². The van der Waals surface area contributed by atoms with Gasteiger partial charge >= 0.3 is 0 Å². The van der Waals surface area contributed by atoms with Gasteiger partial charge in [0, 0.05) is 29.6 Å². The van der Waals surface area contributed by atoms with E-state index in [9.17, 15) is 9.59 Å². The number of nitrogens with one attached hydrogen (secondary N) is 1. The van der Waals surface area contributed by atoms with Crippen molar-refractivity contribution in [1.29, 1.82) is 0 Å². The van der Waals surface area contributed by atoms with Gasteiger partial charge in [-0.05, 0) is 56.5 Å². The monoisotopic (exact) mass is 411 g/mol. The van der Waals surface area contributed by atoms with Gasteiger partial charge in [-0.3, -0.25) is 14.5 Å². The molecule has 0 spiro atoms. The van der Waals surface area contributed by atoms with E-state index in [1.54, 1.807) is 4.90 Å². The molecule has 2 atom stereocenters. The van der Waals surface area contributed by atoms with Gasteiger partial charge in [0.2, 0.25) is 11.8 Å². The number of para-hydroxylation sites is 2. The lowest BCUT2D eigenvalue weighted by atomic mass is 10.1. The normalized spacial score (nSPS) is 20.1. The van der Waals surface area contributed by atoms with Crippen molar-refractivity contribution in [2.75, 3.05) is 16.8 Å². The van der Waals surface area contributed by atoms with Crippen molar-refractivity contribution in [3.63, 3.8) is 0 Å². The van der Waals surface area contributed by atoms with E-state index >= 15 is 0 Å². The number of nitrogens with zero attached hydrogens (tertiary/aromatic N) is 2. The van der Waals surface area contributed by atoms with Crippen molar-refractivity contribution in [2.45, 2.75) is 51.2 Å². The number of benzene rings is 2. The van der Waals surface area contributed by atoms with Gasteiger partial charge in [0.05, 0.1) is 17.9 Å². The standard InChI is InChI=1S/C23H26ClN3O2/c1-15-13-22(28)25-20-5-3-4-6-21(20)27(15)23(29)14-26(19-11-12-19)16(2)17-7-9-18(24)10-8-17/h3-10,15-16,19H,11-14H2,1-2H3,(H,25,28)/t15-,16-/m0/s1.